The van der Waals surface area contributed by atoms with Gasteiger partial charge in [0.1, 0.15) is 6.04 Å². The molecule has 2 aromatic rings. The summed E-state index contributed by atoms with van der Waals surface area (Å²) in [4.78, 5) is 24.6. The van der Waals surface area contributed by atoms with Gasteiger partial charge in [-0.25, -0.2) is 4.79 Å². The standard InChI is InChI=1S/C11H10N2O4/c12-8(11(16)17)5-1-2-7(10(14)15)9-6(5)3-4-13-9/h1-4,8,13H,12H2,(H,14,15)(H,16,17)/t8-/m0/s1. The van der Waals surface area contributed by atoms with Crippen molar-refractivity contribution in [2.45, 2.75) is 6.04 Å². The summed E-state index contributed by atoms with van der Waals surface area (Å²) in [6.07, 6.45) is 1.55. The lowest BCUT2D eigenvalue weighted by Gasteiger charge is -2.09. The van der Waals surface area contributed by atoms with Gasteiger partial charge < -0.3 is 20.9 Å². The molecule has 0 fully saturated rings. The molecule has 5 N–H and O–H groups in total. The van der Waals surface area contributed by atoms with Crippen LogP contribution in [0.1, 0.15) is 22.0 Å². The largest absolute Gasteiger partial charge is 0.480 e. The molecule has 0 radical (unpaired) electrons. The second kappa shape index (κ2) is 3.91. The summed E-state index contributed by atoms with van der Waals surface area (Å²) >= 11 is 0. The Labute approximate surface area is 95.7 Å². The maximum Gasteiger partial charge on any atom is 0.337 e. The lowest BCUT2D eigenvalue weighted by atomic mass is 10.0. The van der Waals surface area contributed by atoms with Crippen molar-refractivity contribution in [2.24, 2.45) is 5.73 Å². The number of benzene rings is 1. The average molecular weight is 234 g/mol. The predicted octanol–water partition coefficient (Wildman–Crippen LogP) is 0.951. The van der Waals surface area contributed by atoms with Crippen LogP contribution < -0.4 is 5.73 Å². The molecular formula is C11H10N2O4. The van der Waals surface area contributed by atoms with Crippen molar-refractivity contribution in [3.05, 3.63) is 35.5 Å². The van der Waals surface area contributed by atoms with E-state index < -0.39 is 18.0 Å². The molecule has 6 heteroatoms. The lowest BCUT2D eigenvalue weighted by molar-refractivity contribution is -0.138. The van der Waals surface area contributed by atoms with E-state index in [1.165, 1.54) is 12.1 Å². The Hall–Kier alpha value is -2.34. The molecule has 0 aliphatic heterocycles. The van der Waals surface area contributed by atoms with E-state index in [9.17, 15) is 9.59 Å². The summed E-state index contributed by atoms with van der Waals surface area (Å²) in [5, 5.41) is 18.3. The number of hydrogen-bond donors (Lipinski definition) is 4. The van der Waals surface area contributed by atoms with Crippen LogP contribution >= 0.6 is 0 Å². The number of carboxylic acids is 2. The zero-order chi connectivity index (χ0) is 12.6. The molecule has 88 valence electrons. The van der Waals surface area contributed by atoms with Gasteiger partial charge in [0.25, 0.3) is 0 Å². The van der Waals surface area contributed by atoms with E-state index in [1.807, 2.05) is 0 Å². The molecule has 6 nitrogen and oxygen atoms in total. The molecule has 1 aromatic heterocycles. The van der Waals surface area contributed by atoms with Crippen molar-refractivity contribution in [2.75, 3.05) is 0 Å². The van der Waals surface area contributed by atoms with Gasteiger partial charge in [-0.15, -0.1) is 0 Å². The van der Waals surface area contributed by atoms with E-state index in [2.05, 4.69) is 4.98 Å². The maximum absolute atomic E-state index is 11.0. The van der Waals surface area contributed by atoms with E-state index in [4.69, 9.17) is 15.9 Å². The van der Waals surface area contributed by atoms with E-state index in [1.54, 1.807) is 12.3 Å². The number of nitrogens with two attached hydrogens (primary N) is 1. The molecule has 1 atom stereocenters. The van der Waals surface area contributed by atoms with Gasteiger partial charge in [-0.1, -0.05) is 6.07 Å². The van der Waals surface area contributed by atoms with Gasteiger partial charge in [0.15, 0.2) is 0 Å². The summed E-state index contributed by atoms with van der Waals surface area (Å²) < 4.78 is 0. The first kappa shape index (κ1) is 11.2. The number of nitrogens with one attached hydrogen (secondary N) is 1. The van der Waals surface area contributed by atoms with E-state index in [0.29, 0.717) is 16.5 Å². The van der Waals surface area contributed by atoms with Crippen LogP contribution in [0.25, 0.3) is 10.9 Å². The Morgan fingerprint density at radius 1 is 1.24 bits per heavy atom. The third kappa shape index (κ3) is 1.74. The van der Waals surface area contributed by atoms with Crippen LogP contribution in [0.4, 0.5) is 0 Å². The monoisotopic (exact) mass is 234 g/mol. The van der Waals surface area contributed by atoms with Crippen molar-refractivity contribution in [1.82, 2.24) is 4.98 Å². The number of aromatic carboxylic acids is 1. The summed E-state index contributed by atoms with van der Waals surface area (Å²) in [6, 6.07) is 3.22. The third-order valence-corrected chi connectivity index (χ3v) is 2.59. The highest BCUT2D eigenvalue weighted by atomic mass is 16.4. The van der Waals surface area contributed by atoms with Crippen LogP contribution in [-0.2, 0) is 4.79 Å². The van der Waals surface area contributed by atoms with Crippen LogP contribution in [0.15, 0.2) is 24.4 Å². The zero-order valence-corrected chi connectivity index (χ0v) is 8.68. The number of hydrogen-bond acceptors (Lipinski definition) is 3. The molecule has 1 heterocycles. The summed E-state index contributed by atoms with van der Waals surface area (Å²) in [6.45, 7) is 0. The summed E-state index contributed by atoms with van der Waals surface area (Å²) in [5.74, 6) is -2.23. The molecule has 0 saturated carbocycles. The van der Waals surface area contributed by atoms with Crippen molar-refractivity contribution in [3.63, 3.8) is 0 Å². The molecule has 0 bridgehead atoms. The molecule has 0 aliphatic rings. The molecular weight excluding hydrogens is 224 g/mol. The van der Waals surface area contributed by atoms with Gasteiger partial charge >= 0.3 is 11.9 Å². The smallest absolute Gasteiger partial charge is 0.337 e. The Morgan fingerprint density at radius 3 is 2.53 bits per heavy atom. The Balaban J connectivity index is 2.69. The first-order chi connectivity index (χ1) is 8.02. The predicted molar refractivity (Wildman–Crippen MR) is 59.8 cm³/mol. The van der Waals surface area contributed by atoms with Crippen molar-refractivity contribution in [1.29, 1.82) is 0 Å². The molecule has 0 unspecified atom stereocenters. The van der Waals surface area contributed by atoms with Crippen LogP contribution in [0.5, 0.6) is 0 Å². The van der Waals surface area contributed by atoms with E-state index in [0.717, 1.165) is 0 Å². The number of aromatic amines is 1. The molecule has 0 amide bonds. The highest BCUT2D eigenvalue weighted by Gasteiger charge is 2.20. The second-order valence-corrected chi connectivity index (χ2v) is 3.59. The minimum Gasteiger partial charge on any atom is -0.480 e. The highest BCUT2D eigenvalue weighted by Crippen LogP contribution is 2.25. The number of carboxylic acid groups (broad SMARTS) is 2. The minimum atomic E-state index is -1.17. The quantitative estimate of drug-likeness (QED) is 0.630. The average Bonchev–Trinajstić information content (AvgIpc) is 2.74. The fourth-order valence-corrected chi connectivity index (χ4v) is 1.76. The Kier molecular flexibility index (Phi) is 2.57. The van der Waals surface area contributed by atoms with Crippen LogP contribution in [0, 0.1) is 0 Å². The van der Waals surface area contributed by atoms with E-state index >= 15 is 0 Å². The van der Waals surface area contributed by atoms with Crippen LogP contribution in [0.3, 0.4) is 0 Å². The van der Waals surface area contributed by atoms with Crippen LogP contribution in [0.2, 0.25) is 0 Å². The highest BCUT2D eigenvalue weighted by molar-refractivity contribution is 6.04. The maximum atomic E-state index is 11.0. The van der Waals surface area contributed by atoms with E-state index in [-0.39, 0.29) is 5.56 Å². The first-order valence-corrected chi connectivity index (χ1v) is 4.84. The van der Waals surface area contributed by atoms with Gasteiger partial charge in [-0.3, -0.25) is 4.79 Å². The number of aromatic nitrogens is 1. The van der Waals surface area contributed by atoms with Crippen LogP contribution in [-0.4, -0.2) is 27.1 Å². The molecule has 1 aromatic carbocycles. The Morgan fingerprint density at radius 2 is 1.94 bits per heavy atom. The fourth-order valence-electron chi connectivity index (χ4n) is 1.76. The number of H-pyrrole nitrogens is 1. The number of carbonyl (C=O) groups is 2. The topological polar surface area (TPSA) is 116 Å². The first-order valence-electron chi connectivity index (χ1n) is 4.84. The van der Waals surface area contributed by atoms with Crippen molar-refractivity contribution in [3.8, 4) is 0 Å². The van der Waals surface area contributed by atoms with Gasteiger partial charge in [-0.05, 0) is 17.7 Å². The van der Waals surface area contributed by atoms with Gasteiger partial charge in [0.05, 0.1) is 11.1 Å². The second-order valence-electron chi connectivity index (χ2n) is 3.59. The molecule has 2 rings (SSSR count). The number of aliphatic carboxylic acids is 1. The lowest BCUT2D eigenvalue weighted by Crippen LogP contribution is -2.21. The van der Waals surface area contributed by atoms with Gasteiger partial charge in [0.2, 0.25) is 0 Å². The zero-order valence-electron chi connectivity index (χ0n) is 8.68. The van der Waals surface area contributed by atoms with Gasteiger partial charge in [-0.2, -0.15) is 0 Å². The number of rotatable bonds is 3. The fraction of sp³-hybridized carbons (Fsp3) is 0.0909. The summed E-state index contributed by atoms with van der Waals surface area (Å²) in [5.41, 5.74) is 6.39. The molecule has 0 aliphatic carbocycles. The third-order valence-electron chi connectivity index (χ3n) is 2.59. The van der Waals surface area contributed by atoms with Gasteiger partial charge in [0, 0.05) is 11.6 Å². The normalized spacial score (nSPS) is 12.5. The molecule has 0 saturated heterocycles. The number of fused-ring (bicyclic) bond motifs is 1. The summed E-state index contributed by atoms with van der Waals surface area (Å²) in [7, 11) is 0. The molecule has 17 heavy (non-hydrogen) atoms. The van der Waals surface area contributed by atoms with Crippen molar-refractivity contribution < 1.29 is 19.8 Å². The minimum absolute atomic E-state index is 0.0892. The molecule has 0 spiro atoms. The Bertz CT molecular complexity index is 603. The SMILES string of the molecule is N[C@H](C(=O)O)c1ccc(C(=O)O)c2[nH]ccc12. The van der Waals surface area contributed by atoms with Crippen molar-refractivity contribution >= 4 is 22.8 Å².